The Balaban J connectivity index is 2.12. The molecule has 0 radical (unpaired) electrons. The number of aryl methyl sites for hydroxylation is 1. The molecule has 5 nitrogen and oxygen atoms in total. The van der Waals surface area contributed by atoms with Gasteiger partial charge in [-0.25, -0.2) is 0 Å². The second-order valence-electron chi connectivity index (χ2n) is 6.64. The molecule has 0 aromatic heterocycles. The van der Waals surface area contributed by atoms with Crippen molar-refractivity contribution in [2.75, 3.05) is 26.1 Å². The van der Waals surface area contributed by atoms with E-state index in [9.17, 15) is 0 Å². The molecule has 25 heavy (non-hydrogen) atoms. The summed E-state index contributed by atoms with van der Waals surface area (Å²) < 4.78 is 10.6. The van der Waals surface area contributed by atoms with Crippen LogP contribution in [0.1, 0.15) is 25.0 Å². The average Bonchev–Trinajstić information content (AvgIpc) is 2.60. The summed E-state index contributed by atoms with van der Waals surface area (Å²) in [5.41, 5.74) is 9.15. The van der Waals surface area contributed by atoms with Crippen molar-refractivity contribution in [1.29, 1.82) is 0 Å². The van der Waals surface area contributed by atoms with Crippen LogP contribution in [0.5, 0.6) is 11.5 Å². The zero-order chi connectivity index (χ0) is 18.4. The van der Waals surface area contributed by atoms with Crippen LogP contribution >= 0.6 is 0 Å². The first-order chi connectivity index (χ1) is 11.9. The van der Waals surface area contributed by atoms with Crippen molar-refractivity contribution in [2.45, 2.75) is 26.2 Å². The van der Waals surface area contributed by atoms with E-state index >= 15 is 0 Å². The molecule has 0 spiro atoms. The van der Waals surface area contributed by atoms with Gasteiger partial charge in [0.25, 0.3) is 0 Å². The number of hydrogen-bond donors (Lipinski definition) is 2. The lowest BCUT2D eigenvalue weighted by Gasteiger charge is -2.23. The van der Waals surface area contributed by atoms with Crippen LogP contribution in [0.3, 0.4) is 0 Å². The number of hydrogen-bond acceptors (Lipinski definition) is 3. The van der Waals surface area contributed by atoms with Crippen LogP contribution in [0, 0.1) is 6.92 Å². The van der Waals surface area contributed by atoms with Gasteiger partial charge in [0.15, 0.2) is 5.96 Å². The van der Waals surface area contributed by atoms with Crippen molar-refractivity contribution in [3.63, 3.8) is 0 Å². The van der Waals surface area contributed by atoms with Crippen LogP contribution in [0.4, 0.5) is 5.69 Å². The highest BCUT2D eigenvalue weighted by Gasteiger charge is 2.20. The first-order valence-electron chi connectivity index (χ1n) is 8.22. The number of rotatable bonds is 6. The Morgan fingerprint density at radius 3 is 2.36 bits per heavy atom. The van der Waals surface area contributed by atoms with E-state index in [1.807, 2.05) is 18.2 Å². The van der Waals surface area contributed by atoms with E-state index in [2.05, 4.69) is 55.3 Å². The fourth-order valence-electron chi connectivity index (χ4n) is 2.47. The van der Waals surface area contributed by atoms with Gasteiger partial charge in [0.1, 0.15) is 11.5 Å². The molecule has 0 unspecified atom stereocenters. The minimum Gasteiger partial charge on any atom is -0.497 e. The maximum atomic E-state index is 6.07. The normalized spacial score (nSPS) is 12.0. The van der Waals surface area contributed by atoms with Crippen molar-refractivity contribution in [3.8, 4) is 11.5 Å². The van der Waals surface area contributed by atoms with E-state index in [1.54, 1.807) is 14.2 Å². The van der Waals surface area contributed by atoms with Gasteiger partial charge >= 0.3 is 0 Å². The zero-order valence-corrected chi connectivity index (χ0v) is 15.6. The summed E-state index contributed by atoms with van der Waals surface area (Å²) in [7, 11) is 3.23. The lowest BCUT2D eigenvalue weighted by Crippen LogP contribution is -2.28. The molecular weight excluding hydrogens is 314 g/mol. The van der Waals surface area contributed by atoms with Gasteiger partial charge in [-0.2, -0.15) is 0 Å². The van der Waals surface area contributed by atoms with E-state index in [-0.39, 0.29) is 5.41 Å². The molecule has 0 atom stereocenters. The number of ether oxygens (including phenoxy) is 2. The maximum Gasteiger partial charge on any atom is 0.193 e. The molecule has 0 amide bonds. The highest BCUT2D eigenvalue weighted by Crippen LogP contribution is 2.29. The predicted molar refractivity (Wildman–Crippen MR) is 104 cm³/mol. The average molecular weight is 341 g/mol. The Kier molecular flexibility index (Phi) is 5.91. The molecular formula is C20H27N3O2. The summed E-state index contributed by atoms with van der Waals surface area (Å²) in [5, 5.41) is 3.09. The van der Waals surface area contributed by atoms with E-state index in [1.165, 1.54) is 11.1 Å². The molecule has 2 rings (SSSR count). The molecule has 0 fully saturated rings. The van der Waals surface area contributed by atoms with Gasteiger partial charge in [0.05, 0.1) is 26.5 Å². The highest BCUT2D eigenvalue weighted by atomic mass is 16.5. The van der Waals surface area contributed by atoms with Crippen LogP contribution in [0.15, 0.2) is 47.5 Å². The standard InChI is InChI=1S/C20H27N3O2/c1-14-6-8-15(9-7-14)20(2,3)13-22-19(21)23-17-12-16(24-4)10-11-18(17)25-5/h6-12H,13H2,1-5H3,(H3,21,22,23). The summed E-state index contributed by atoms with van der Waals surface area (Å²) in [6, 6.07) is 14.0. The second kappa shape index (κ2) is 7.92. The summed E-state index contributed by atoms with van der Waals surface area (Å²) >= 11 is 0. The van der Waals surface area contributed by atoms with E-state index in [0.29, 0.717) is 18.3 Å². The molecule has 5 heteroatoms. The van der Waals surface area contributed by atoms with Gasteiger partial charge < -0.3 is 20.5 Å². The van der Waals surface area contributed by atoms with E-state index in [0.717, 1.165) is 11.4 Å². The minimum absolute atomic E-state index is 0.113. The molecule has 0 aliphatic carbocycles. The number of methoxy groups -OCH3 is 2. The third kappa shape index (κ3) is 4.89. The first kappa shape index (κ1) is 18.6. The summed E-state index contributed by atoms with van der Waals surface area (Å²) in [4.78, 5) is 4.51. The molecule has 3 N–H and O–H groups in total. The molecule has 0 saturated carbocycles. The van der Waals surface area contributed by atoms with Crippen LogP contribution in [-0.2, 0) is 5.41 Å². The van der Waals surface area contributed by atoms with Gasteiger partial charge in [-0.1, -0.05) is 43.7 Å². The number of guanidine groups is 1. The smallest absolute Gasteiger partial charge is 0.193 e. The van der Waals surface area contributed by atoms with Crippen molar-refractivity contribution in [2.24, 2.45) is 10.7 Å². The molecule has 0 aliphatic rings. The molecule has 0 heterocycles. The van der Waals surface area contributed by atoms with Crippen molar-refractivity contribution < 1.29 is 9.47 Å². The lowest BCUT2D eigenvalue weighted by molar-refractivity contribution is 0.405. The van der Waals surface area contributed by atoms with Crippen molar-refractivity contribution >= 4 is 11.6 Å². The third-order valence-corrected chi connectivity index (χ3v) is 4.15. The summed E-state index contributed by atoms with van der Waals surface area (Å²) in [6.45, 7) is 6.96. The summed E-state index contributed by atoms with van der Waals surface area (Å²) in [5.74, 6) is 1.74. The molecule has 134 valence electrons. The second-order valence-corrected chi connectivity index (χ2v) is 6.64. The van der Waals surface area contributed by atoms with E-state index in [4.69, 9.17) is 15.2 Å². The highest BCUT2D eigenvalue weighted by molar-refractivity contribution is 5.94. The van der Waals surface area contributed by atoms with Gasteiger partial charge in [-0.05, 0) is 24.6 Å². The van der Waals surface area contributed by atoms with E-state index < -0.39 is 0 Å². The minimum atomic E-state index is -0.113. The number of nitrogens with zero attached hydrogens (tertiary/aromatic N) is 1. The number of aliphatic imine (C=N–C) groups is 1. The predicted octanol–water partition coefficient (Wildman–Crippen LogP) is 3.72. The Morgan fingerprint density at radius 1 is 1.08 bits per heavy atom. The van der Waals surface area contributed by atoms with Crippen LogP contribution in [0.25, 0.3) is 0 Å². The van der Waals surface area contributed by atoms with Crippen molar-refractivity contribution in [3.05, 3.63) is 53.6 Å². The Bertz CT molecular complexity index is 737. The monoisotopic (exact) mass is 341 g/mol. The Morgan fingerprint density at radius 2 is 1.76 bits per heavy atom. The lowest BCUT2D eigenvalue weighted by atomic mass is 9.84. The number of benzene rings is 2. The largest absolute Gasteiger partial charge is 0.497 e. The van der Waals surface area contributed by atoms with Gasteiger partial charge in [-0.15, -0.1) is 0 Å². The quantitative estimate of drug-likeness (QED) is 0.621. The van der Waals surface area contributed by atoms with Gasteiger partial charge in [0.2, 0.25) is 0 Å². The number of nitrogens with two attached hydrogens (primary N) is 1. The fourth-order valence-corrected chi connectivity index (χ4v) is 2.47. The Hall–Kier alpha value is -2.69. The topological polar surface area (TPSA) is 68.9 Å². The first-order valence-corrected chi connectivity index (χ1v) is 8.22. The maximum absolute atomic E-state index is 6.07. The third-order valence-electron chi connectivity index (χ3n) is 4.15. The van der Waals surface area contributed by atoms with Crippen LogP contribution < -0.4 is 20.5 Å². The number of anilines is 1. The number of nitrogens with one attached hydrogen (secondary N) is 1. The molecule has 0 aliphatic heterocycles. The molecule has 2 aromatic carbocycles. The van der Waals surface area contributed by atoms with Gasteiger partial charge in [-0.3, -0.25) is 4.99 Å². The van der Waals surface area contributed by atoms with Crippen LogP contribution in [-0.4, -0.2) is 26.7 Å². The van der Waals surface area contributed by atoms with Crippen molar-refractivity contribution in [1.82, 2.24) is 0 Å². The zero-order valence-electron chi connectivity index (χ0n) is 15.6. The molecule has 2 aromatic rings. The van der Waals surface area contributed by atoms with Crippen LogP contribution in [0.2, 0.25) is 0 Å². The SMILES string of the molecule is COc1ccc(OC)c(NC(N)=NCC(C)(C)c2ccc(C)cc2)c1. The molecule has 0 saturated heterocycles. The van der Waals surface area contributed by atoms with Gasteiger partial charge in [0, 0.05) is 11.5 Å². The fraction of sp³-hybridized carbons (Fsp3) is 0.350. The summed E-state index contributed by atoms with van der Waals surface area (Å²) in [6.07, 6.45) is 0. The molecule has 0 bridgehead atoms. The Labute approximate surface area is 149 Å².